The molecule has 2 atom stereocenters. The number of rotatable bonds is 5. The zero-order valence-electron chi connectivity index (χ0n) is 12.2. The van der Waals surface area contributed by atoms with Crippen LogP contribution in [0, 0.1) is 11.3 Å². The van der Waals surface area contributed by atoms with Crippen molar-refractivity contribution in [3.8, 4) is 0 Å². The summed E-state index contributed by atoms with van der Waals surface area (Å²) in [4.78, 5) is 35.9. The summed E-state index contributed by atoms with van der Waals surface area (Å²) < 4.78 is 0. The van der Waals surface area contributed by atoms with E-state index in [1.165, 1.54) is 0 Å². The monoisotopic (exact) mass is 285 g/mol. The van der Waals surface area contributed by atoms with E-state index in [9.17, 15) is 14.4 Å². The van der Waals surface area contributed by atoms with Crippen molar-refractivity contribution in [3.63, 3.8) is 0 Å². The molecule has 20 heavy (non-hydrogen) atoms. The second-order valence-corrected chi connectivity index (χ2v) is 5.57. The zero-order valence-corrected chi connectivity index (χ0v) is 12.2. The SMILES string of the molecule is CNC(=O)C1(C)CCN(C(=O)NCCC(C)C(=O)O)C1. The van der Waals surface area contributed by atoms with Gasteiger partial charge in [0.2, 0.25) is 5.91 Å². The zero-order chi connectivity index (χ0) is 15.3. The molecule has 114 valence electrons. The molecular weight excluding hydrogens is 262 g/mol. The van der Waals surface area contributed by atoms with Crippen LogP contribution in [0.5, 0.6) is 0 Å². The molecule has 3 N–H and O–H groups in total. The van der Waals surface area contributed by atoms with Crippen LogP contribution in [0.25, 0.3) is 0 Å². The minimum Gasteiger partial charge on any atom is -0.481 e. The fourth-order valence-electron chi connectivity index (χ4n) is 2.25. The Morgan fingerprint density at radius 2 is 2.05 bits per heavy atom. The van der Waals surface area contributed by atoms with Crippen molar-refractivity contribution in [1.82, 2.24) is 15.5 Å². The van der Waals surface area contributed by atoms with Crippen molar-refractivity contribution < 1.29 is 19.5 Å². The van der Waals surface area contributed by atoms with Gasteiger partial charge in [0, 0.05) is 26.7 Å². The Kier molecular flexibility index (Phi) is 5.35. The summed E-state index contributed by atoms with van der Waals surface area (Å²) >= 11 is 0. The molecule has 0 bridgehead atoms. The quantitative estimate of drug-likeness (QED) is 0.675. The van der Waals surface area contributed by atoms with Gasteiger partial charge < -0.3 is 20.6 Å². The average Bonchev–Trinajstić information content (AvgIpc) is 2.81. The molecule has 1 fully saturated rings. The molecule has 0 radical (unpaired) electrons. The number of hydrogen-bond donors (Lipinski definition) is 3. The Hall–Kier alpha value is -1.79. The maximum atomic E-state index is 11.9. The molecule has 0 aromatic rings. The second-order valence-electron chi connectivity index (χ2n) is 5.57. The third-order valence-electron chi connectivity index (χ3n) is 3.81. The molecule has 0 aromatic heterocycles. The van der Waals surface area contributed by atoms with Crippen molar-refractivity contribution in [3.05, 3.63) is 0 Å². The van der Waals surface area contributed by atoms with E-state index in [1.807, 2.05) is 6.92 Å². The van der Waals surface area contributed by atoms with Gasteiger partial charge in [-0.2, -0.15) is 0 Å². The molecule has 2 unspecified atom stereocenters. The van der Waals surface area contributed by atoms with Crippen molar-refractivity contribution in [2.45, 2.75) is 26.7 Å². The maximum Gasteiger partial charge on any atom is 0.317 e. The van der Waals surface area contributed by atoms with Gasteiger partial charge >= 0.3 is 12.0 Å². The van der Waals surface area contributed by atoms with Gasteiger partial charge in [0.05, 0.1) is 11.3 Å². The molecule has 0 saturated carbocycles. The smallest absolute Gasteiger partial charge is 0.317 e. The van der Waals surface area contributed by atoms with Crippen molar-refractivity contribution in [2.24, 2.45) is 11.3 Å². The predicted octanol–water partition coefficient (Wildman–Crippen LogP) is 0.265. The summed E-state index contributed by atoms with van der Waals surface area (Å²) in [5, 5.41) is 14.1. The van der Waals surface area contributed by atoms with Gasteiger partial charge in [-0.25, -0.2) is 4.79 Å². The number of aliphatic carboxylic acids is 1. The number of likely N-dealkylation sites (tertiary alicyclic amines) is 1. The number of nitrogens with one attached hydrogen (secondary N) is 2. The number of carbonyl (C=O) groups excluding carboxylic acids is 2. The molecule has 7 heteroatoms. The molecular formula is C13H23N3O4. The second kappa shape index (κ2) is 6.58. The van der Waals surface area contributed by atoms with Crippen LogP contribution >= 0.6 is 0 Å². The normalized spacial score (nSPS) is 23.2. The summed E-state index contributed by atoms with van der Waals surface area (Å²) in [5.41, 5.74) is -0.541. The van der Waals surface area contributed by atoms with Crippen LogP contribution in [-0.2, 0) is 9.59 Å². The molecule has 7 nitrogen and oxygen atoms in total. The first-order valence-corrected chi connectivity index (χ1v) is 6.78. The van der Waals surface area contributed by atoms with E-state index in [1.54, 1.807) is 18.9 Å². The highest BCUT2D eigenvalue weighted by atomic mass is 16.4. The summed E-state index contributed by atoms with van der Waals surface area (Å²) in [6, 6.07) is -0.241. The van der Waals surface area contributed by atoms with Crippen LogP contribution in [0.15, 0.2) is 0 Å². The van der Waals surface area contributed by atoms with Gasteiger partial charge in [-0.15, -0.1) is 0 Å². The molecule has 1 rings (SSSR count). The predicted molar refractivity (Wildman–Crippen MR) is 73.2 cm³/mol. The highest BCUT2D eigenvalue weighted by Gasteiger charge is 2.41. The Morgan fingerprint density at radius 1 is 1.40 bits per heavy atom. The Bertz CT molecular complexity index is 399. The minimum absolute atomic E-state index is 0.0627. The topological polar surface area (TPSA) is 98.7 Å². The largest absolute Gasteiger partial charge is 0.481 e. The fraction of sp³-hybridized carbons (Fsp3) is 0.769. The van der Waals surface area contributed by atoms with Gasteiger partial charge in [-0.05, 0) is 19.8 Å². The molecule has 0 spiro atoms. The van der Waals surface area contributed by atoms with Crippen LogP contribution in [0.3, 0.4) is 0 Å². The van der Waals surface area contributed by atoms with Gasteiger partial charge in [0.25, 0.3) is 0 Å². The first-order chi connectivity index (χ1) is 9.30. The minimum atomic E-state index is -0.868. The number of amides is 3. The molecule has 1 aliphatic rings. The lowest BCUT2D eigenvalue weighted by atomic mass is 9.89. The molecule has 1 heterocycles. The summed E-state index contributed by atoms with van der Waals surface area (Å²) in [6.45, 7) is 4.68. The first kappa shape index (κ1) is 16.3. The summed E-state index contributed by atoms with van der Waals surface area (Å²) in [7, 11) is 1.59. The van der Waals surface area contributed by atoms with E-state index in [0.717, 1.165) is 0 Å². The van der Waals surface area contributed by atoms with Crippen LogP contribution in [0.4, 0.5) is 4.79 Å². The standard InChI is InChI=1S/C13H23N3O4/c1-9(10(17)18)4-6-15-12(20)16-7-5-13(2,8-16)11(19)14-3/h9H,4-8H2,1-3H3,(H,14,19)(H,15,20)(H,17,18). The van der Waals surface area contributed by atoms with E-state index in [4.69, 9.17) is 5.11 Å². The Labute approximate surface area is 118 Å². The van der Waals surface area contributed by atoms with E-state index in [2.05, 4.69) is 10.6 Å². The van der Waals surface area contributed by atoms with Gasteiger partial charge in [-0.3, -0.25) is 9.59 Å². The number of nitrogens with zero attached hydrogens (tertiary/aromatic N) is 1. The van der Waals surface area contributed by atoms with Crippen LogP contribution in [-0.4, -0.2) is 54.6 Å². The molecule has 1 aliphatic heterocycles. The number of carboxylic acid groups (broad SMARTS) is 1. The van der Waals surface area contributed by atoms with Crippen LogP contribution in [0.2, 0.25) is 0 Å². The molecule has 0 aliphatic carbocycles. The lowest BCUT2D eigenvalue weighted by molar-refractivity contribution is -0.141. The third kappa shape index (κ3) is 3.85. The highest BCUT2D eigenvalue weighted by molar-refractivity contribution is 5.84. The molecule has 3 amide bonds. The van der Waals surface area contributed by atoms with Gasteiger partial charge in [0.15, 0.2) is 0 Å². The number of hydrogen-bond acceptors (Lipinski definition) is 3. The van der Waals surface area contributed by atoms with Gasteiger partial charge in [0.1, 0.15) is 0 Å². The summed E-state index contributed by atoms with van der Waals surface area (Å²) in [6.07, 6.45) is 1.02. The lowest BCUT2D eigenvalue weighted by Gasteiger charge is -2.23. The van der Waals surface area contributed by atoms with E-state index >= 15 is 0 Å². The third-order valence-corrected chi connectivity index (χ3v) is 3.81. The molecule has 1 saturated heterocycles. The van der Waals surface area contributed by atoms with Gasteiger partial charge in [-0.1, -0.05) is 6.92 Å². The highest BCUT2D eigenvalue weighted by Crippen LogP contribution is 2.29. The molecule has 0 aromatic carbocycles. The summed E-state index contributed by atoms with van der Waals surface area (Å²) in [5.74, 6) is -1.41. The maximum absolute atomic E-state index is 11.9. The lowest BCUT2D eigenvalue weighted by Crippen LogP contribution is -2.43. The van der Waals surface area contributed by atoms with Crippen LogP contribution < -0.4 is 10.6 Å². The Morgan fingerprint density at radius 3 is 2.60 bits per heavy atom. The Balaban J connectivity index is 2.39. The van der Waals surface area contributed by atoms with E-state index in [0.29, 0.717) is 32.5 Å². The van der Waals surface area contributed by atoms with Crippen LogP contribution in [0.1, 0.15) is 26.7 Å². The number of urea groups is 1. The van der Waals surface area contributed by atoms with Crippen molar-refractivity contribution in [2.75, 3.05) is 26.7 Å². The van der Waals surface area contributed by atoms with Crippen molar-refractivity contribution >= 4 is 17.9 Å². The van der Waals surface area contributed by atoms with E-state index in [-0.39, 0.29) is 11.9 Å². The van der Waals surface area contributed by atoms with Crippen molar-refractivity contribution in [1.29, 1.82) is 0 Å². The average molecular weight is 285 g/mol. The first-order valence-electron chi connectivity index (χ1n) is 6.78. The van der Waals surface area contributed by atoms with E-state index < -0.39 is 17.3 Å². The number of carbonyl (C=O) groups is 3. The number of carboxylic acids is 1. The fourth-order valence-corrected chi connectivity index (χ4v) is 2.25.